The lowest BCUT2D eigenvalue weighted by Crippen LogP contribution is -1.96. The lowest BCUT2D eigenvalue weighted by molar-refractivity contribution is -0.150. The number of hydrogen-bond acceptors (Lipinski definition) is 3. The Morgan fingerprint density at radius 3 is 1.67 bits per heavy atom. The van der Waals surface area contributed by atoms with Crippen LogP contribution in [0.4, 0.5) is 0 Å². The van der Waals surface area contributed by atoms with E-state index < -0.39 is 11.9 Å². The van der Waals surface area contributed by atoms with Gasteiger partial charge < -0.3 is 4.74 Å². The van der Waals surface area contributed by atoms with Gasteiger partial charge in [0.25, 0.3) is 0 Å². The molecule has 0 unspecified atom stereocenters. The molecule has 0 radical (unpaired) electrons. The summed E-state index contributed by atoms with van der Waals surface area (Å²) >= 11 is 2.15. The SMILES string of the molecule is CI.O=C1C=CC(=O)O1. The number of cyclic esters (lactones) is 2. The van der Waals surface area contributed by atoms with Crippen LogP contribution < -0.4 is 0 Å². The third-order valence-electron chi connectivity index (χ3n) is 0.557. The van der Waals surface area contributed by atoms with E-state index >= 15 is 0 Å². The summed E-state index contributed by atoms with van der Waals surface area (Å²) in [5.74, 6) is -1.16. The summed E-state index contributed by atoms with van der Waals surface area (Å²) in [5.41, 5.74) is 0. The van der Waals surface area contributed by atoms with Crippen LogP contribution in [0.2, 0.25) is 0 Å². The molecule has 50 valence electrons. The van der Waals surface area contributed by atoms with Crippen molar-refractivity contribution in [2.24, 2.45) is 0 Å². The minimum Gasteiger partial charge on any atom is -0.387 e. The average Bonchev–Trinajstić information content (AvgIpc) is 2.20. The van der Waals surface area contributed by atoms with Crippen LogP contribution in [0.1, 0.15) is 0 Å². The maximum Gasteiger partial charge on any atom is 0.338 e. The second-order valence-corrected chi connectivity index (χ2v) is 1.07. The molecule has 1 rings (SSSR count). The zero-order valence-electron chi connectivity index (χ0n) is 4.76. The molecule has 0 aromatic carbocycles. The van der Waals surface area contributed by atoms with Crippen molar-refractivity contribution in [2.75, 3.05) is 4.93 Å². The highest BCUT2D eigenvalue weighted by atomic mass is 127. The molecule has 0 aromatic heterocycles. The molecule has 1 aliphatic heterocycles. The summed E-state index contributed by atoms with van der Waals surface area (Å²) in [4.78, 5) is 21.8. The fourth-order valence-corrected chi connectivity index (χ4v) is 0.303. The van der Waals surface area contributed by atoms with Crippen molar-refractivity contribution in [2.45, 2.75) is 0 Å². The van der Waals surface area contributed by atoms with E-state index in [0.29, 0.717) is 0 Å². The number of alkyl halides is 1. The first-order valence-electron chi connectivity index (χ1n) is 2.11. The number of esters is 2. The molecule has 0 fully saturated rings. The van der Waals surface area contributed by atoms with Gasteiger partial charge in [0.15, 0.2) is 0 Å². The third kappa shape index (κ3) is 3.23. The number of carbonyl (C=O) groups is 2. The summed E-state index contributed by atoms with van der Waals surface area (Å²) in [5, 5.41) is 0. The molecule has 0 aromatic rings. The monoisotopic (exact) mass is 240 g/mol. The summed E-state index contributed by atoms with van der Waals surface area (Å²) in [6.45, 7) is 0. The number of halogens is 1. The molecule has 0 amide bonds. The topological polar surface area (TPSA) is 43.4 Å². The Bertz CT molecular complexity index is 134. The summed E-state index contributed by atoms with van der Waals surface area (Å²) in [7, 11) is 0. The van der Waals surface area contributed by atoms with E-state index in [9.17, 15) is 9.59 Å². The third-order valence-corrected chi connectivity index (χ3v) is 0.557. The van der Waals surface area contributed by atoms with Crippen molar-refractivity contribution in [3.8, 4) is 0 Å². The van der Waals surface area contributed by atoms with Crippen molar-refractivity contribution in [1.29, 1.82) is 0 Å². The largest absolute Gasteiger partial charge is 0.387 e. The van der Waals surface area contributed by atoms with Crippen molar-refractivity contribution in [1.82, 2.24) is 0 Å². The number of hydrogen-bond donors (Lipinski definition) is 0. The molecular formula is C5H5IO3. The molecule has 1 aliphatic rings. The van der Waals surface area contributed by atoms with Crippen LogP contribution in [0.5, 0.6) is 0 Å². The van der Waals surface area contributed by atoms with Crippen molar-refractivity contribution < 1.29 is 14.3 Å². The fraction of sp³-hybridized carbons (Fsp3) is 0.200. The van der Waals surface area contributed by atoms with E-state index in [1.807, 2.05) is 4.93 Å². The van der Waals surface area contributed by atoms with Gasteiger partial charge in [-0.25, -0.2) is 9.59 Å². The lowest BCUT2D eigenvalue weighted by Gasteiger charge is -1.80. The summed E-state index contributed by atoms with van der Waals surface area (Å²) in [6, 6.07) is 0. The quantitative estimate of drug-likeness (QED) is 0.270. The van der Waals surface area contributed by atoms with Gasteiger partial charge in [0.2, 0.25) is 0 Å². The van der Waals surface area contributed by atoms with Gasteiger partial charge in [-0.3, -0.25) is 0 Å². The van der Waals surface area contributed by atoms with Crippen LogP contribution in [-0.4, -0.2) is 16.9 Å². The zero-order valence-corrected chi connectivity index (χ0v) is 6.91. The molecule has 0 saturated heterocycles. The van der Waals surface area contributed by atoms with Crippen LogP contribution in [0, 0.1) is 0 Å². The van der Waals surface area contributed by atoms with Crippen molar-refractivity contribution in [3.05, 3.63) is 12.2 Å². The second-order valence-electron chi connectivity index (χ2n) is 1.07. The van der Waals surface area contributed by atoms with E-state index in [1.54, 1.807) is 0 Å². The van der Waals surface area contributed by atoms with Crippen LogP contribution in [-0.2, 0) is 14.3 Å². The Labute approximate surface area is 66.2 Å². The lowest BCUT2D eigenvalue weighted by atomic mass is 10.6. The van der Waals surface area contributed by atoms with Gasteiger partial charge in [0.05, 0.1) is 0 Å². The van der Waals surface area contributed by atoms with Crippen LogP contribution in [0.15, 0.2) is 12.2 Å². The maximum atomic E-state index is 9.92. The average molecular weight is 240 g/mol. The Morgan fingerprint density at radius 2 is 1.56 bits per heavy atom. The molecule has 3 nitrogen and oxygen atoms in total. The summed E-state index contributed by atoms with van der Waals surface area (Å²) in [6.07, 6.45) is 2.17. The van der Waals surface area contributed by atoms with Gasteiger partial charge >= 0.3 is 11.9 Å². The molecule has 1 heterocycles. The molecule has 0 aliphatic carbocycles. The first-order valence-corrected chi connectivity index (χ1v) is 4.26. The van der Waals surface area contributed by atoms with Crippen molar-refractivity contribution >= 4 is 34.5 Å². The molecule has 0 spiro atoms. The highest BCUT2D eigenvalue weighted by molar-refractivity contribution is 14.1. The van der Waals surface area contributed by atoms with E-state index in [4.69, 9.17) is 0 Å². The van der Waals surface area contributed by atoms with E-state index in [0.717, 1.165) is 12.2 Å². The smallest absolute Gasteiger partial charge is 0.338 e. The highest BCUT2D eigenvalue weighted by Crippen LogP contribution is 1.92. The van der Waals surface area contributed by atoms with E-state index in [1.165, 1.54) is 0 Å². The Kier molecular flexibility index (Phi) is 4.29. The van der Waals surface area contributed by atoms with Crippen LogP contribution >= 0.6 is 22.6 Å². The molecule has 0 bridgehead atoms. The van der Waals surface area contributed by atoms with Gasteiger partial charge in [-0.15, -0.1) is 0 Å². The Hall–Kier alpha value is -0.390. The molecule has 0 atom stereocenters. The first-order chi connectivity index (χ1) is 4.29. The van der Waals surface area contributed by atoms with Crippen molar-refractivity contribution in [3.63, 3.8) is 0 Å². The Balaban J connectivity index is 0.000000291. The van der Waals surface area contributed by atoms with Gasteiger partial charge in [-0.2, -0.15) is 0 Å². The normalized spacial score (nSPS) is 14.4. The summed E-state index contributed by atoms with van der Waals surface area (Å²) < 4.78 is 3.97. The molecule has 0 saturated carbocycles. The predicted octanol–water partition coefficient (Wildman–Crippen LogP) is 0.677. The van der Waals surface area contributed by atoms with Crippen LogP contribution in [0.25, 0.3) is 0 Å². The number of rotatable bonds is 0. The number of carbonyl (C=O) groups excluding carboxylic acids is 2. The molecule has 9 heavy (non-hydrogen) atoms. The predicted molar refractivity (Wildman–Crippen MR) is 40.2 cm³/mol. The van der Waals surface area contributed by atoms with Gasteiger partial charge in [0, 0.05) is 12.2 Å². The first kappa shape index (κ1) is 8.61. The Morgan fingerprint density at radius 1 is 1.22 bits per heavy atom. The second kappa shape index (κ2) is 4.49. The molecule has 4 heteroatoms. The standard InChI is InChI=1S/C4H2O3.CH3I/c5-3-1-2-4(6)7-3;1-2/h1-2H;1H3. The van der Waals surface area contributed by atoms with E-state index in [-0.39, 0.29) is 0 Å². The molecule has 0 N–H and O–H groups in total. The zero-order chi connectivity index (χ0) is 7.28. The maximum absolute atomic E-state index is 9.92. The molecular weight excluding hydrogens is 235 g/mol. The van der Waals surface area contributed by atoms with Gasteiger partial charge in [0.1, 0.15) is 0 Å². The number of ether oxygens (including phenoxy) is 1. The van der Waals surface area contributed by atoms with Gasteiger partial charge in [-0.1, -0.05) is 22.6 Å². The minimum atomic E-state index is -0.579. The highest BCUT2D eigenvalue weighted by Gasteiger charge is 2.10. The fourth-order valence-electron chi connectivity index (χ4n) is 0.303. The van der Waals surface area contributed by atoms with Crippen LogP contribution in [0.3, 0.4) is 0 Å². The minimum absolute atomic E-state index is 0.579. The van der Waals surface area contributed by atoms with E-state index in [2.05, 4.69) is 27.3 Å². The van der Waals surface area contributed by atoms with Gasteiger partial charge in [-0.05, 0) is 4.93 Å².